The van der Waals surface area contributed by atoms with E-state index in [0.29, 0.717) is 28.9 Å². The minimum absolute atomic E-state index is 0.129. The van der Waals surface area contributed by atoms with E-state index in [-0.39, 0.29) is 5.91 Å². The van der Waals surface area contributed by atoms with Crippen LogP contribution in [0, 0.1) is 19.8 Å². The molecule has 1 saturated heterocycles. The summed E-state index contributed by atoms with van der Waals surface area (Å²) in [4.78, 5) is 14.5. The molecule has 1 aliphatic rings. The van der Waals surface area contributed by atoms with Crippen molar-refractivity contribution >= 4 is 29.1 Å². The van der Waals surface area contributed by atoms with Crippen molar-refractivity contribution in [2.24, 2.45) is 11.7 Å². The normalized spacial score (nSPS) is 17.3. The predicted octanol–water partition coefficient (Wildman–Crippen LogP) is 3.15. The molecule has 3 rings (SSSR count). The smallest absolute Gasteiger partial charge is 0.227 e. The Kier molecular flexibility index (Phi) is 5.37. The van der Waals surface area contributed by atoms with Crippen LogP contribution in [0.25, 0.3) is 5.69 Å². The molecule has 0 radical (unpaired) electrons. The zero-order valence-electron chi connectivity index (χ0n) is 14.4. The van der Waals surface area contributed by atoms with E-state index in [0.717, 1.165) is 42.1 Å². The molecule has 0 unspecified atom stereocenters. The van der Waals surface area contributed by atoms with Gasteiger partial charge >= 0.3 is 0 Å². The average molecular weight is 381 g/mol. The van der Waals surface area contributed by atoms with Crippen molar-refractivity contribution < 1.29 is 4.79 Å². The second-order valence-electron chi connectivity index (χ2n) is 6.56. The number of likely N-dealkylation sites (tertiary alicyclic amines) is 1. The molecule has 1 atom stereocenters. The summed E-state index contributed by atoms with van der Waals surface area (Å²) in [7, 11) is 0. The molecule has 2 N–H and O–H groups in total. The van der Waals surface area contributed by atoms with E-state index < -0.39 is 0 Å². The molecular weight excluding hydrogens is 359 g/mol. The lowest BCUT2D eigenvalue weighted by molar-refractivity contribution is -0.129. The molecule has 1 aromatic heterocycles. The summed E-state index contributed by atoms with van der Waals surface area (Å²) in [5.41, 5.74) is 9.19. The topological polar surface area (TPSA) is 64.2 Å². The first kappa shape index (κ1) is 18.2. The Bertz CT molecular complexity index is 803. The quantitative estimate of drug-likeness (QED) is 0.885. The van der Waals surface area contributed by atoms with E-state index in [1.165, 1.54) is 0 Å². The van der Waals surface area contributed by atoms with Crippen LogP contribution in [0.3, 0.4) is 0 Å². The summed E-state index contributed by atoms with van der Waals surface area (Å²) >= 11 is 12.3. The molecule has 1 aromatic carbocycles. The van der Waals surface area contributed by atoms with Crippen LogP contribution in [0.4, 0.5) is 0 Å². The Morgan fingerprint density at radius 1 is 1.36 bits per heavy atom. The fraction of sp³-hybridized carbons (Fsp3) is 0.444. The number of carbonyl (C=O) groups excluding carboxylic acids is 1. The van der Waals surface area contributed by atoms with E-state index in [4.69, 9.17) is 28.9 Å². The molecule has 25 heavy (non-hydrogen) atoms. The molecule has 134 valence electrons. The van der Waals surface area contributed by atoms with Crippen molar-refractivity contribution in [3.63, 3.8) is 0 Å². The minimum atomic E-state index is 0.129. The maximum Gasteiger partial charge on any atom is 0.227 e. The van der Waals surface area contributed by atoms with Gasteiger partial charge in [-0.05, 0) is 50.9 Å². The molecule has 2 heterocycles. The maximum absolute atomic E-state index is 12.6. The number of nitrogens with zero attached hydrogens (tertiary/aromatic N) is 3. The second kappa shape index (κ2) is 7.36. The van der Waals surface area contributed by atoms with Crippen LogP contribution in [-0.4, -0.2) is 40.2 Å². The molecule has 5 nitrogen and oxygen atoms in total. The fourth-order valence-electron chi connectivity index (χ4n) is 3.33. The van der Waals surface area contributed by atoms with Crippen LogP contribution in [0.15, 0.2) is 18.2 Å². The van der Waals surface area contributed by atoms with E-state index in [1.54, 1.807) is 16.8 Å². The Hall–Kier alpha value is -1.56. The highest BCUT2D eigenvalue weighted by Gasteiger charge is 2.27. The van der Waals surface area contributed by atoms with Gasteiger partial charge in [0.25, 0.3) is 0 Å². The number of hydrogen-bond donors (Lipinski definition) is 1. The first-order valence-electron chi connectivity index (χ1n) is 8.39. The van der Waals surface area contributed by atoms with Gasteiger partial charge in [0.1, 0.15) is 0 Å². The fourth-order valence-corrected chi connectivity index (χ4v) is 3.82. The van der Waals surface area contributed by atoms with Crippen molar-refractivity contribution in [3.8, 4) is 5.69 Å². The van der Waals surface area contributed by atoms with E-state index in [1.807, 2.05) is 24.8 Å². The minimum Gasteiger partial charge on any atom is -0.342 e. The van der Waals surface area contributed by atoms with Crippen LogP contribution >= 0.6 is 23.2 Å². The van der Waals surface area contributed by atoms with Crippen molar-refractivity contribution in [3.05, 3.63) is 45.2 Å². The molecule has 7 heteroatoms. The van der Waals surface area contributed by atoms with E-state index in [2.05, 4.69) is 5.10 Å². The molecule has 0 aliphatic carbocycles. The largest absolute Gasteiger partial charge is 0.342 e. The Morgan fingerprint density at radius 3 is 2.76 bits per heavy atom. The number of carbonyl (C=O) groups is 1. The van der Waals surface area contributed by atoms with Gasteiger partial charge in [-0.3, -0.25) is 4.79 Å². The lowest BCUT2D eigenvalue weighted by atomic mass is 10.1. The summed E-state index contributed by atoms with van der Waals surface area (Å²) in [6.45, 7) is 6.05. The summed E-state index contributed by atoms with van der Waals surface area (Å²) in [6, 6.07) is 5.31. The first-order valence-corrected chi connectivity index (χ1v) is 9.14. The third-order valence-corrected chi connectivity index (χ3v) is 5.42. The molecule has 2 aromatic rings. The van der Waals surface area contributed by atoms with Gasteiger partial charge in [-0.25, -0.2) is 4.68 Å². The van der Waals surface area contributed by atoms with Gasteiger partial charge in [0, 0.05) is 29.4 Å². The molecular formula is C18H22Cl2N4O. The number of nitrogens with two attached hydrogens (primary N) is 1. The van der Waals surface area contributed by atoms with Gasteiger partial charge in [-0.15, -0.1) is 0 Å². The van der Waals surface area contributed by atoms with Crippen molar-refractivity contribution in [1.82, 2.24) is 14.7 Å². The lowest BCUT2D eigenvalue weighted by Gasteiger charge is -2.16. The SMILES string of the molecule is Cc1nn(-c2ccc(Cl)cc2Cl)c(C)c1CC(=O)N1CC[C@H](CN)C1. The number of halogens is 2. The summed E-state index contributed by atoms with van der Waals surface area (Å²) in [5.74, 6) is 0.547. The average Bonchev–Trinajstić information content (AvgIpc) is 3.15. The van der Waals surface area contributed by atoms with Crippen LogP contribution < -0.4 is 5.73 Å². The second-order valence-corrected chi connectivity index (χ2v) is 7.41. The van der Waals surface area contributed by atoms with Crippen LogP contribution in [0.2, 0.25) is 10.0 Å². The monoisotopic (exact) mass is 380 g/mol. The number of aromatic nitrogens is 2. The van der Waals surface area contributed by atoms with Gasteiger partial charge in [0.05, 0.1) is 22.8 Å². The molecule has 1 fully saturated rings. The standard InChI is InChI=1S/C18H22Cl2N4O/c1-11-15(8-18(25)23-6-5-13(9-21)10-23)12(2)24(22-11)17-4-3-14(19)7-16(17)20/h3-4,7,13H,5-6,8-10,21H2,1-2H3/t13-/m1/s1. The first-order chi connectivity index (χ1) is 11.9. The highest BCUT2D eigenvalue weighted by Crippen LogP contribution is 2.27. The number of rotatable bonds is 4. The third kappa shape index (κ3) is 3.68. The molecule has 1 aliphatic heterocycles. The third-order valence-electron chi connectivity index (χ3n) is 4.88. The van der Waals surface area contributed by atoms with Crippen LogP contribution in [0.1, 0.15) is 23.4 Å². The van der Waals surface area contributed by atoms with Crippen molar-refractivity contribution in [1.29, 1.82) is 0 Å². The number of amides is 1. The van der Waals surface area contributed by atoms with Gasteiger partial charge in [-0.1, -0.05) is 23.2 Å². The van der Waals surface area contributed by atoms with Gasteiger partial charge in [0.2, 0.25) is 5.91 Å². The van der Waals surface area contributed by atoms with Crippen LogP contribution in [0.5, 0.6) is 0 Å². The summed E-state index contributed by atoms with van der Waals surface area (Å²) in [6.07, 6.45) is 1.33. The molecule has 0 bridgehead atoms. The Labute approximate surface area is 157 Å². The number of aryl methyl sites for hydroxylation is 1. The Morgan fingerprint density at radius 2 is 2.12 bits per heavy atom. The lowest BCUT2D eigenvalue weighted by Crippen LogP contribution is -2.31. The molecule has 0 saturated carbocycles. The highest BCUT2D eigenvalue weighted by molar-refractivity contribution is 6.35. The van der Waals surface area contributed by atoms with Gasteiger partial charge in [0.15, 0.2) is 0 Å². The molecule has 1 amide bonds. The predicted molar refractivity (Wildman–Crippen MR) is 101 cm³/mol. The zero-order valence-corrected chi connectivity index (χ0v) is 15.9. The number of hydrogen-bond acceptors (Lipinski definition) is 3. The molecule has 0 spiro atoms. The Balaban J connectivity index is 1.84. The zero-order chi connectivity index (χ0) is 18.1. The summed E-state index contributed by atoms with van der Waals surface area (Å²) in [5, 5.41) is 5.69. The van der Waals surface area contributed by atoms with E-state index >= 15 is 0 Å². The van der Waals surface area contributed by atoms with Crippen LogP contribution in [-0.2, 0) is 11.2 Å². The summed E-state index contributed by atoms with van der Waals surface area (Å²) < 4.78 is 1.78. The maximum atomic E-state index is 12.6. The van der Waals surface area contributed by atoms with E-state index in [9.17, 15) is 4.79 Å². The highest BCUT2D eigenvalue weighted by atomic mass is 35.5. The number of benzene rings is 1. The van der Waals surface area contributed by atoms with Crippen molar-refractivity contribution in [2.75, 3.05) is 19.6 Å². The van der Waals surface area contributed by atoms with Crippen molar-refractivity contribution in [2.45, 2.75) is 26.7 Å². The van der Waals surface area contributed by atoms with Gasteiger partial charge < -0.3 is 10.6 Å². The van der Waals surface area contributed by atoms with Gasteiger partial charge in [-0.2, -0.15) is 5.10 Å².